The van der Waals surface area contributed by atoms with Gasteiger partial charge >= 0.3 is 0 Å². The fourth-order valence-corrected chi connectivity index (χ4v) is 1.67. The average molecular weight is 201 g/mol. The molecule has 0 bridgehead atoms. The maximum absolute atomic E-state index is 8.99. The highest BCUT2D eigenvalue weighted by molar-refractivity contribution is 5.31. The lowest BCUT2D eigenvalue weighted by Gasteiger charge is -2.33. The van der Waals surface area contributed by atoms with Gasteiger partial charge in [0.1, 0.15) is 24.4 Å². The quantitative estimate of drug-likeness (QED) is 0.654. The SMILES string of the molecule is CCN1C=CN(C)C1C(C#N)(C#N)C#N. The highest BCUT2D eigenvalue weighted by atomic mass is 15.4. The Morgan fingerprint density at radius 2 is 1.73 bits per heavy atom. The third kappa shape index (κ3) is 1.47. The minimum Gasteiger partial charge on any atom is -0.356 e. The Morgan fingerprint density at radius 3 is 2.13 bits per heavy atom. The minimum atomic E-state index is -1.64. The van der Waals surface area contributed by atoms with Crippen molar-refractivity contribution in [3.63, 3.8) is 0 Å². The molecule has 1 atom stereocenters. The maximum Gasteiger partial charge on any atom is 0.266 e. The summed E-state index contributed by atoms with van der Waals surface area (Å²) in [6, 6.07) is 5.42. The largest absolute Gasteiger partial charge is 0.356 e. The summed E-state index contributed by atoms with van der Waals surface area (Å²) in [6.07, 6.45) is 3.02. The van der Waals surface area contributed by atoms with E-state index < -0.39 is 11.6 Å². The number of nitrogens with zero attached hydrogens (tertiary/aromatic N) is 5. The van der Waals surface area contributed by atoms with Crippen LogP contribution >= 0.6 is 0 Å². The highest BCUT2D eigenvalue weighted by Crippen LogP contribution is 2.30. The van der Waals surface area contributed by atoms with E-state index in [9.17, 15) is 0 Å². The van der Waals surface area contributed by atoms with E-state index in [4.69, 9.17) is 15.8 Å². The van der Waals surface area contributed by atoms with Crippen molar-refractivity contribution < 1.29 is 0 Å². The van der Waals surface area contributed by atoms with Gasteiger partial charge in [0.05, 0.1) is 0 Å². The molecule has 0 N–H and O–H groups in total. The van der Waals surface area contributed by atoms with Crippen molar-refractivity contribution in [2.24, 2.45) is 5.41 Å². The third-order valence-corrected chi connectivity index (χ3v) is 2.47. The van der Waals surface area contributed by atoms with E-state index in [1.165, 1.54) is 0 Å². The summed E-state index contributed by atoms with van der Waals surface area (Å²) < 4.78 is 0. The molecule has 0 saturated heterocycles. The van der Waals surface area contributed by atoms with Crippen LogP contribution in [-0.2, 0) is 0 Å². The number of hydrogen-bond donors (Lipinski definition) is 0. The van der Waals surface area contributed by atoms with Crippen LogP contribution in [0.2, 0.25) is 0 Å². The van der Waals surface area contributed by atoms with E-state index in [2.05, 4.69) is 0 Å². The van der Waals surface area contributed by atoms with Gasteiger partial charge in [-0.15, -0.1) is 0 Å². The zero-order chi connectivity index (χ0) is 11.5. The van der Waals surface area contributed by atoms with Gasteiger partial charge in [-0.2, -0.15) is 15.8 Å². The van der Waals surface area contributed by atoms with Gasteiger partial charge in [0, 0.05) is 26.0 Å². The molecule has 76 valence electrons. The number of nitriles is 3. The molecule has 1 aliphatic heterocycles. The molecule has 0 fully saturated rings. The minimum absolute atomic E-state index is 0.525. The zero-order valence-electron chi connectivity index (χ0n) is 8.68. The fourth-order valence-electron chi connectivity index (χ4n) is 1.67. The van der Waals surface area contributed by atoms with Crippen molar-refractivity contribution in [2.75, 3.05) is 13.6 Å². The molecule has 5 heteroatoms. The summed E-state index contributed by atoms with van der Waals surface area (Å²) in [7, 11) is 1.75. The van der Waals surface area contributed by atoms with E-state index >= 15 is 0 Å². The smallest absolute Gasteiger partial charge is 0.266 e. The van der Waals surface area contributed by atoms with Crippen molar-refractivity contribution in [1.82, 2.24) is 9.80 Å². The van der Waals surface area contributed by atoms with E-state index in [0.717, 1.165) is 0 Å². The van der Waals surface area contributed by atoms with Crippen LogP contribution in [0.15, 0.2) is 12.4 Å². The Morgan fingerprint density at radius 1 is 1.20 bits per heavy atom. The zero-order valence-corrected chi connectivity index (χ0v) is 8.68. The fraction of sp³-hybridized carbons (Fsp3) is 0.500. The van der Waals surface area contributed by atoms with E-state index in [-0.39, 0.29) is 0 Å². The molecule has 0 aromatic rings. The lowest BCUT2D eigenvalue weighted by Crippen LogP contribution is -2.48. The monoisotopic (exact) mass is 201 g/mol. The van der Waals surface area contributed by atoms with Gasteiger partial charge in [-0.1, -0.05) is 0 Å². The topological polar surface area (TPSA) is 77.8 Å². The van der Waals surface area contributed by atoms with E-state index in [0.29, 0.717) is 6.54 Å². The first-order valence-corrected chi connectivity index (χ1v) is 4.55. The standard InChI is InChI=1S/C10H11N5/c1-3-15-5-4-14(2)9(15)10(6-11,7-12)8-13/h4-5,9H,3H2,1-2H3. The van der Waals surface area contributed by atoms with E-state index in [1.54, 1.807) is 47.5 Å². The Hall–Kier alpha value is -2.19. The van der Waals surface area contributed by atoms with Gasteiger partial charge in [0.15, 0.2) is 0 Å². The first-order valence-electron chi connectivity index (χ1n) is 4.55. The number of rotatable bonds is 2. The molecule has 1 aliphatic rings. The van der Waals surface area contributed by atoms with Crippen molar-refractivity contribution in [3.05, 3.63) is 12.4 Å². The predicted molar refractivity (Wildman–Crippen MR) is 52.3 cm³/mol. The highest BCUT2D eigenvalue weighted by Gasteiger charge is 2.46. The molecule has 15 heavy (non-hydrogen) atoms. The van der Waals surface area contributed by atoms with Crippen LogP contribution in [0.25, 0.3) is 0 Å². The molecule has 0 aliphatic carbocycles. The Balaban J connectivity index is 3.13. The lowest BCUT2D eigenvalue weighted by atomic mass is 9.88. The van der Waals surface area contributed by atoms with Crippen molar-refractivity contribution in [2.45, 2.75) is 13.1 Å². The summed E-state index contributed by atoms with van der Waals surface area (Å²) in [6.45, 7) is 2.56. The normalized spacial score (nSPS) is 19.5. The Bertz CT molecular complexity index is 355. The second-order valence-corrected chi connectivity index (χ2v) is 3.31. The molecule has 0 amide bonds. The molecule has 1 heterocycles. The molecule has 0 spiro atoms. The molecule has 1 unspecified atom stereocenters. The Labute approximate surface area is 89.0 Å². The first kappa shape index (κ1) is 10.9. The van der Waals surface area contributed by atoms with Crippen molar-refractivity contribution in [3.8, 4) is 18.2 Å². The maximum atomic E-state index is 8.99. The van der Waals surface area contributed by atoms with E-state index in [1.807, 2.05) is 6.92 Å². The second kappa shape index (κ2) is 3.90. The van der Waals surface area contributed by atoms with Crippen LogP contribution in [-0.4, -0.2) is 29.6 Å². The van der Waals surface area contributed by atoms with Gasteiger partial charge in [0.25, 0.3) is 5.41 Å². The van der Waals surface area contributed by atoms with Crippen LogP contribution in [0, 0.1) is 39.4 Å². The number of hydrogen-bond acceptors (Lipinski definition) is 5. The second-order valence-electron chi connectivity index (χ2n) is 3.31. The van der Waals surface area contributed by atoms with Crippen LogP contribution < -0.4 is 0 Å². The first-order chi connectivity index (χ1) is 7.15. The summed E-state index contributed by atoms with van der Waals surface area (Å²) in [4.78, 5) is 3.51. The van der Waals surface area contributed by atoms with Crippen LogP contribution in [0.1, 0.15) is 6.92 Å². The summed E-state index contributed by atoms with van der Waals surface area (Å²) >= 11 is 0. The summed E-state index contributed by atoms with van der Waals surface area (Å²) in [5, 5.41) is 27.0. The van der Waals surface area contributed by atoms with Crippen molar-refractivity contribution >= 4 is 0 Å². The van der Waals surface area contributed by atoms with Crippen molar-refractivity contribution in [1.29, 1.82) is 15.8 Å². The van der Waals surface area contributed by atoms with Crippen LogP contribution in [0.4, 0.5) is 0 Å². The summed E-state index contributed by atoms with van der Waals surface area (Å²) in [5.74, 6) is 0. The third-order valence-electron chi connectivity index (χ3n) is 2.47. The molecule has 0 aromatic heterocycles. The molecular weight excluding hydrogens is 190 g/mol. The lowest BCUT2D eigenvalue weighted by molar-refractivity contribution is 0.132. The van der Waals surface area contributed by atoms with Crippen LogP contribution in [0.3, 0.4) is 0 Å². The van der Waals surface area contributed by atoms with Crippen LogP contribution in [0.5, 0.6) is 0 Å². The van der Waals surface area contributed by atoms with Gasteiger partial charge in [-0.25, -0.2) is 0 Å². The van der Waals surface area contributed by atoms with Gasteiger partial charge in [-0.3, -0.25) is 0 Å². The molecule has 0 aromatic carbocycles. The molecule has 5 nitrogen and oxygen atoms in total. The molecule has 0 saturated carbocycles. The molecule has 1 rings (SSSR count). The summed E-state index contributed by atoms with van der Waals surface area (Å²) in [5.41, 5.74) is -1.64. The van der Waals surface area contributed by atoms with Gasteiger partial charge < -0.3 is 9.80 Å². The predicted octanol–water partition coefficient (Wildman–Crippen LogP) is 0.608. The van der Waals surface area contributed by atoms with Gasteiger partial charge in [0.2, 0.25) is 0 Å². The Kier molecular flexibility index (Phi) is 2.83. The van der Waals surface area contributed by atoms with Gasteiger partial charge in [-0.05, 0) is 6.92 Å². The average Bonchev–Trinajstić information content (AvgIpc) is 2.65. The molecule has 0 radical (unpaired) electrons. The molecular formula is C10H11N5.